The fraction of sp³-hybridized carbons (Fsp3) is 0.440. The van der Waals surface area contributed by atoms with Crippen LogP contribution in [0.5, 0.6) is 0 Å². The molecule has 0 heterocycles. The van der Waals surface area contributed by atoms with Crippen LogP contribution in [0.4, 0.5) is 0 Å². The summed E-state index contributed by atoms with van der Waals surface area (Å²) in [5, 5.41) is 4.88. The molecule has 3 rings (SSSR count). The van der Waals surface area contributed by atoms with Gasteiger partial charge in [-0.1, -0.05) is 78.3 Å². The van der Waals surface area contributed by atoms with E-state index in [1.807, 2.05) is 24.3 Å². The third-order valence-corrected chi connectivity index (χ3v) is 7.84. The molecule has 4 nitrogen and oxygen atoms in total. The van der Waals surface area contributed by atoms with E-state index in [9.17, 15) is 9.59 Å². The number of rotatable bonds is 9. The van der Waals surface area contributed by atoms with E-state index in [-0.39, 0.29) is 30.2 Å². The van der Waals surface area contributed by atoms with Gasteiger partial charge in [-0.25, -0.2) is 0 Å². The van der Waals surface area contributed by atoms with Crippen LogP contribution in [0.25, 0.3) is 0 Å². The number of carbonyl (C=O) groups is 2. The first-order valence-corrected chi connectivity index (χ1v) is 13.5. The molecule has 1 fully saturated rings. The average molecular weight is 528 g/mol. The quantitative estimate of drug-likeness (QED) is 0.392. The van der Waals surface area contributed by atoms with Crippen LogP contribution in [-0.4, -0.2) is 34.6 Å². The third kappa shape index (κ3) is 7.81. The predicted molar refractivity (Wildman–Crippen MR) is 139 cm³/mol. The topological polar surface area (TPSA) is 49.4 Å². The van der Waals surface area contributed by atoms with Crippen molar-refractivity contribution in [3.63, 3.8) is 0 Å². The molecule has 0 radical (unpaired) electrons. The molecule has 1 N–H and O–H groups in total. The molecule has 0 saturated heterocycles. The number of amides is 2. The van der Waals surface area contributed by atoms with Gasteiger partial charge in [0.15, 0.2) is 0 Å². The lowest BCUT2D eigenvalue weighted by Crippen LogP contribution is -2.50. The first kappa shape index (κ1) is 26.2. The Balaban J connectivity index is 1.67. The summed E-state index contributed by atoms with van der Waals surface area (Å²) in [4.78, 5) is 27.9. The SMILES string of the molecule is C[C@@H](C(=O)NC1CCCCC1)N(Cc1ccccc1Cl)C(=O)CSCc1ccc(Cl)cc1Cl. The van der Waals surface area contributed by atoms with Gasteiger partial charge in [0.05, 0.1) is 5.75 Å². The van der Waals surface area contributed by atoms with Crippen molar-refractivity contribution in [1.29, 1.82) is 0 Å². The van der Waals surface area contributed by atoms with Crippen molar-refractivity contribution in [2.75, 3.05) is 5.75 Å². The minimum atomic E-state index is -0.601. The lowest BCUT2D eigenvalue weighted by atomic mass is 9.95. The molecule has 2 aromatic rings. The third-order valence-electron chi connectivity index (χ3n) is 5.92. The van der Waals surface area contributed by atoms with Crippen LogP contribution in [0.3, 0.4) is 0 Å². The molecule has 0 aromatic heterocycles. The Morgan fingerprint density at radius 1 is 1.03 bits per heavy atom. The summed E-state index contributed by atoms with van der Waals surface area (Å²) in [6, 6.07) is 12.3. The van der Waals surface area contributed by atoms with E-state index in [4.69, 9.17) is 34.8 Å². The summed E-state index contributed by atoms with van der Waals surface area (Å²) >= 11 is 20.0. The van der Waals surface area contributed by atoms with Crippen LogP contribution in [0, 0.1) is 0 Å². The standard InChI is InChI=1S/C25H29Cl3N2O2S/c1-17(25(32)29-21-8-3-2-4-9-21)30(14-18-7-5-6-10-22(18)27)24(31)16-33-15-19-11-12-20(26)13-23(19)28/h5-7,10-13,17,21H,2-4,8-9,14-16H2,1H3,(H,29,32)/t17-/m0/s1. The molecule has 0 bridgehead atoms. The van der Waals surface area contributed by atoms with Crippen LogP contribution < -0.4 is 5.32 Å². The molecule has 178 valence electrons. The van der Waals surface area contributed by atoms with Crippen LogP contribution in [0.15, 0.2) is 42.5 Å². The Morgan fingerprint density at radius 3 is 2.45 bits per heavy atom. The van der Waals surface area contributed by atoms with Gasteiger partial charge in [-0.15, -0.1) is 11.8 Å². The molecule has 1 aliphatic rings. The number of nitrogens with one attached hydrogen (secondary N) is 1. The van der Waals surface area contributed by atoms with Gasteiger partial charge in [-0.2, -0.15) is 0 Å². The summed E-state index contributed by atoms with van der Waals surface area (Å²) in [6.45, 7) is 2.06. The minimum absolute atomic E-state index is 0.115. The van der Waals surface area contributed by atoms with Crippen LogP contribution in [-0.2, 0) is 21.9 Å². The second-order valence-corrected chi connectivity index (χ2v) is 10.6. The van der Waals surface area contributed by atoms with Crippen LogP contribution in [0.1, 0.15) is 50.2 Å². The normalized spacial score (nSPS) is 15.2. The zero-order chi connectivity index (χ0) is 23.8. The summed E-state index contributed by atoms with van der Waals surface area (Å²) in [6.07, 6.45) is 5.47. The summed E-state index contributed by atoms with van der Waals surface area (Å²) in [5.41, 5.74) is 1.73. The highest BCUT2D eigenvalue weighted by Gasteiger charge is 2.28. The molecule has 0 spiro atoms. The Bertz CT molecular complexity index is 966. The van der Waals surface area contributed by atoms with Crippen molar-refractivity contribution in [1.82, 2.24) is 10.2 Å². The predicted octanol–water partition coefficient (Wildman–Crippen LogP) is 6.75. The van der Waals surface area contributed by atoms with Gasteiger partial charge in [0.25, 0.3) is 0 Å². The van der Waals surface area contributed by atoms with Crippen LogP contribution in [0.2, 0.25) is 15.1 Å². The highest BCUT2D eigenvalue weighted by atomic mass is 35.5. The zero-order valence-electron chi connectivity index (χ0n) is 18.7. The van der Waals surface area contributed by atoms with Gasteiger partial charge < -0.3 is 10.2 Å². The Morgan fingerprint density at radius 2 is 1.76 bits per heavy atom. The van der Waals surface area contributed by atoms with E-state index in [0.29, 0.717) is 20.8 Å². The van der Waals surface area contributed by atoms with E-state index in [1.54, 1.807) is 30.0 Å². The number of nitrogens with zero attached hydrogens (tertiary/aromatic N) is 1. The molecule has 1 aliphatic carbocycles. The Hall–Kier alpha value is -1.40. The maximum atomic E-state index is 13.3. The fourth-order valence-electron chi connectivity index (χ4n) is 3.93. The van der Waals surface area contributed by atoms with Crippen molar-refractivity contribution in [3.8, 4) is 0 Å². The van der Waals surface area contributed by atoms with Crippen molar-refractivity contribution >= 4 is 58.4 Å². The number of thioether (sulfide) groups is 1. The number of hydrogen-bond acceptors (Lipinski definition) is 3. The molecular weight excluding hydrogens is 499 g/mol. The molecule has 0 unspecified atom stereocenters. The van der Waals surface area contributed by atoms with Gasteiger partial charge in [-0.05, 0) is 49.1 Å². The number of carbonyl (C=O) groups excluding carboxylic acids is 2. The van der Waals surface area contributed by atoms with Gasteiger partial charge in [0.2, 0.25) is 11.8 Å². The number of benzene rings is 2. The monoisotopic (exact) mass is 526 g/mol. The molecule has 0 aliphatic heterocycles. The lowest BCUT2D eigenvalue weighted by molar-refractivity contribution is -0.139. The van der Waals surface area contributed by atoms with E-state index in [1.165, 1.54) is 18.2 Å². The molecule has 8 heteroatoms. The number of hydrogen-bond donors (Lipinski definition) is 1. The zero-order valence-corrected chi connectivity index (χ0v) is 21.7. The molecule has 2 aromatic carbocycles. The van der Waals surface area contributed by atoms with Crippen molar-refractivity contribution in [3.05, 3.63) is 68.7 Å². The maximum Gasteiger partial charge on any atom is 0.242 e. The molecule has 1 atom stereocenters. The highest BCUT2D eigenvalue weighted by molar-refractivity contribution is 7.99. The lowest BCUT2D eigenvalue weighted by Gasteiger charge is -2.31. The second kappa shape index (κ2) is 12.9. The van der Waals surface area contributed by atoms with Crippen molar-refractivity contribution in [2.45, 2.75) is 63.4 Å². The Labute approximate surface area is 215 Å². The average Bonchev–Trinajstić information content (AvgIpc) is 2.80. The van der Waals surface area contributed by atoms with Crippen molar-refractivity contribution in [2.24, 2.45) is 0 Å². The molecule has 2 amide bonds. The first-order valence-electron chi connectivity index (χ1n) is 11.2. The first-order chi connectivity index (χ1) is 15.8. The van der Waals surface area contributed by atoms with E-state index in [0.717, 1.165) is 36.8 Å². The largest absolute Gasteiger partial charge is 0.352 e. The van der Waals surface area contributed by atoms with E-state index in [2.05, 4.69) is 5.32 Å². The smallest absolute Gasteiger partial charge is 0.242 e. The van der Waals surface area contributed by atoms with Gasteiger partial charge in [-0.3, -0.25) is 9.59 Å². The molecule has 33 heavy (non-hydrogen) atoms. The fourth-order valence-corrected chi connectivity index (χ4v) is 5.60. The number of halogens is 3. The van der Waals surface area contributed by atoms with Gasteiger partial charge >= 0.3 is 0 Å². The minimum Gasteiger partial charge on any atom is -0.352 e. The molecular formula is C25H29Cl3N2O2S. The second-order valence-electron chi connectivity index (χ2n) is 8.36. The van der Waals surface area contributed by atoms with Gasteiger partial charge in [0, 0.05) is 33.4 Å². The van der Waals surface area contributed by atoms with Crippen molar-refractivity contribution < 1.29 is 9.59 Å². The molecule has 1 saturated carbocycles. The summed E-state index contributed by atoms with van der Waals surface area (Å²) in [5.74, 6) is 0.568. The maximum absolute atomic E-state index is 13.3. The highest BCUT2D eigenvalue weighted by Crippen LogP contribution is 2.26. The Kier molecular flexibility index (Phi) is 10.2. The summed E-state index contributed by atoms with van der Waals surface area (Å²) < 4.78 is 0. The van der Waals surface area contributed by atoms with E-state index < -0.39 is 6.04 Å². The summed E-state index contributed by atoms with van der Waals surface area (Å²) in [7, 11) is 0. The van der Waals surface area contributed by atoms with Gasteiger partial charge in [0.1, 0.15) is 6.04 Å². The van der Waals surface area contributed by atoms with Crippen LogP contribution >= 0.6 is 46.6 Å². The van der Waals surface area contributed by atoms with E-state index >= 15 is 0 Å².